The lowest BCUT2D eigenvalue weighted by Crippen LogP contribution is -2.31. The Morgan fingerprint density at radius 2 is 2.22 bits per heavy atom. The number of carbonyl (C=O) groups is 1. The Morgan fingerprint density at radius 1 is 1.39 bits per heavy atom. The maximum Gasteiger partial charge on any atom is 0.233 e. The van der Waals surface area contributed by atoms with Gasteiger partial charge in [0.2, 0.25) is 5.91 Å². The highest BCUT2D eigenvalue weighted by Crippen LogP contribution is 2.24. The monoisotopic (exact) mass is 263 g/mol. The smallest absolute Gasteiger partial charge is 0.233 e. The Bertz CT molecular complexity index is 571. The molecule has 0 bridgehead atoms. The van der Waals surface area contributed by atoms with Crippen molar-refractivity contribution in [1.82, 2.24) is 15.6 Å². The van der Waals surface area contributed by atoms with E-state index < -0.39 is 0 Å². The number of pyridine rings is 1. The number of nitrogens with one attached hydrogen (secondary N) is 2. The van der Waals surface area contributed by atoms with Crippen LogP contribution in [0.1, 0.15) is 5.56 Å². The zero-order chi connectivity index (χ0) is 13.0. The predicted molar refractivity (Wildman–Crippen MR) is 72.5 cm³/mol. The van der Waals surface area contributed by atoms with Crippen molar-refractivity contribution in [2.45, 2.75) is 6.54 Å². The second kappa shape index (κ2) is 5.80. The van der Waals surface area contributed by atoms with E-state index in [1.54, 1.807) is 13.2 Å². The molecule has 0 fully saturated rings. The number of nitrogens with zero attached hydrogens (tertiary/aromatic N) is 1. The SMILES string of the molecule is CNC(=O)CNCc1ccc(Cl)c2cccnc12. The molecule has 2 aromatic rings. The van der Waals surface area contributed by atoms with Crippen LogP contribution in [-0.4, -0.2) is 24.5 Å². The number of rotatable bonds is 4. The molecule has 5 heteroatoms. The summed E-state index contributed by atoms with van der Waals surface area (Å²) in [6.45, 7) is 0.867. The summed E-state index contributed by atoms with van der Waals surface area (Å²) in [5.74, 6) is -0.0405. The molecule has 0 saturated heterocycles. The van der Waals surface area contributed by atoms with Gasteiger partial charge in [0.05, 0.1) is 12.1 Å². The summed E-state index contributed by atoms with van der Waals surface area (Å²) in [7, 11) is 1.61. The minimum Gasteiger partial charge on any atom is -0.358 e. The fourth-order valence-electron chi connectivity index (χ4n) is 1.74. The van der Waals surface area contributed by atoms with Gasteiger partial charge in [-0.25, -0.2) is 0 Å². The highest BCUT2D eigenvalue weighted by molar-refractivity contribution is 6.35. The van der Waals surface area contributed by atoms with Crippen LogP contribution in [-0.2, 0) is 11.3 Å². The van der Waals surface area contributed by atoms with Crippen molar-refractivity contribution in [2.75, 3.05) is 13.6 Å². The molecule has 0 aliphatic heterocycles. The number of hydrogen-bond acceptors (Lipinski definition) is 3. The van der Waals surface area contributed by atoms with Crippen LogP contribution < -0.4 is 10.6 Å². The molecule has 0 radical (unpaired) electrons. The summed E-state index contributed by atoms with van der Waals surface area (Å²) in [5, 5.41) is 7.25. The largest absolute Gasteiger partial charge is 0.358 e. The molecule has 2 N–H and O–H groups in total. The lowest BCUT2D eigenvalue weighted by molar-refractivity contribution is -0.119. The van der Waals surface area contributed by atoms with Crippen LogP contribution in [0.2, 0.25) is 5.02 Å². The van der Waals surface area contributed by atoms with Gasteiger partial charge in [0.1, 0.15) is 0 Å². The minimum absolute atomic E-state index is 0.0405. The van der Waals surface area contributed by atoms with E-state index in [1.165, 1.54) is 0 Å². The van der Waals surface area contributed by atoms with E-state index in [2.05, 4.69) is 15.6 Å². The highest BCUT2D eigenvalue weighted by Gasteiger charge is 2.05. The van der Waals surface area contributed by atoms with Crippen LogP contribution in [0.3, 0.4) is 0 Å². The molecule has 0 aliphatic carbocycles. The number of benzene rings is 1. The van der Waals surface area contributed by atoms with E-state index in [1.807, 2.05) is 24.3 Å². The quantitative estimate of drug-likeness (QED) is 0.883. The minimum atomic E-state index is -0.0405. The Morgan fingerprint density at radius 3 is 3.00 bits per heavy atom. The predicted octanol–water partition coefficient (Wildman–Crippen LogP) is 1.72. The van der Waals surface area contributed by atoms with Crippen LogP contribution in [0.25, 0.3) is 10.9 Å². The van der Waals surface area contributed by atoms with E-state index in [4.69, 9.17) is 11.6 Å². The van der Waals surface area contributed by atoms with E-state index in [0.29, 0.717) is 11.6 Å². The van der Waals surface area contributed by atoms with Crippen LogP contribution in [0.15, 0.2) is 30.5 Å². The molecule has 0 saturated carbocycles. The van der Waals surface area contributed by atoms with Gasteiger partial charge < -0.3 is 10.6 Å². The molecule has 0 unspecified atom stereocenters. The average Bonchev–Trinajstić information content (AvgIpc) is 2.41. The Hall–Kier alpha value is -1.65. The molecule has 18 heavy (non-hydrogen) atoms. The van der Waals surface area contributed by atoms with Gasteiger partial charge in [-0.1, -0.05) is 17.7 Å². The van der Waals surface area contributed by atoms with Crippen LogP contribution >= 0.6 is 11.6 Å². The summed E-state index contributed by atoms with van der Waals surface area (Å²) < 4.78 is 0. The molecule has 1 amide bonds. The Kier molecular flexibility index (Phi) is 4.12. The number of aromatic nitrogens is 1. The third kappa shape index (κ3) is 2.78. The fourth-order valence-corrected chi connectivity index (χ4v) is 1.95. The lowest BCUT2D eigenvalue weighted by atomic mass is 10.1. The lowest BCUT2D eigenvalue weighted by Gasteiger charge is -2.08. The van der Waals surface area contributed by atoms with Gasteiger partial charge in [-0.3, -0.25) is 9.78 Å². The first-order valence-electron chi connectivity index (χ1n) is 5.66. The second-order valence-corrected chi connectivity index (χ2v) is 4.29. The van der Waals surface area contributed by atoms with E-state index in [9.17, 15) is 4.79 Å². The summed E-state index contributed by atoms with van der Waals surface area (Å²) in [4.78, 5) is 15.4. The van der Waals surface area contributed by atoms with Crippen molar-refractivity contribution in [3.63, 3.8) is 0 Å². The Balaban J connectivity index is 2.18. The maximum absolute atomic E-state index is 11.1. The molecule has 4 nitrogen and oxygen atoms in total. The second-order valence-electron chi connectivity index (χ2n) is 3.88. The van der Waals surface area contributed by atoms with Gasteiger partial charge in [-0.05, 0) is 23.8 Å². The average molecular weight is 264 g/mol. The van der Waals surface area contributed by atoms with Crippen LogP contribution in [0, 0.1) is 0 Å². The van der Waals surface area contributed by atoms with Crippen LogP contribution in [0.5, 0.6) is 0 Å². The van der Waals surface area contributed by atoms with Crippen LogP contribution in [0.4, 0.5) is 0 Å². The summed E-state index contributed by atoms with van der Waals surface area (Å²) in [6.07, 6.45) is 1.74. The van der Waals surface area contributed by atoms with E-state index in [-0.39, 0.29) is 12.5 Å². The normalized spacial score (nSPS) is 10.6. The number of halogens is 1. The number of likely N-dealkylation sites (N-methyl/N-ethyl adjacent to an activating group) is 1. The van der Waals surface area contributed by atoms with Gasteiger partial charge >= 0.3 is 0 Å². The van der Waals surface area contributed by atoms with Gasteiger partial charge in [0.15, 0.2) is 0 Å². The molecule has 1 heterocycles. The topological polar surface area (TPSA) is 54.0 Å². The molecule has 1 aromatic carbocycles. The van der Waals surface area contributed by atoms with Crippen molar-refractivity contribution in [1.29, 1.82) is 0 Å². The standard InChI is InChI=1S/C13H14ClN3O/c1-15-12(18)8-16-7-9-4-5-11(14)10-3-2-6-17-13(9)10/h2-6,16H,7-8H2,1H3,(H,15,18). The first-order chi connectivity index (χ1) is 8.72. The van der Waals surface area contributed by atoms with Gasteiger partial charge in [-0.2, -0.15) is 0 Å². The first-order valence-corrected chi connectivity index (χ1v) is 6.03. The van der Waals surface area contributed by atoms with Crippen molar-refractivity contribution in [3.8, 4) is 0 Å². The molecule has 0 atom stereocenters. The molecule has 1 aromatic heterocycles. The summed E-state index contributed by atoms with van der Waals surface area (Å²) in [6, 6.07) is 7.57. The fraction of sp³-hybridized carbons (Fsp3) is 0.231. The highest BCUT2D eigenvalue weighted by atomic mass is 35.5. The molecular formula is C13H14ClN3O. The zero-order valence-corrected chi connectivity index (χ0v) is 10.8. The number of carbonyl (C=O) groups excluding carboxylic acids is 1. The van der Waals surface area contributed by atoms with Crippen molar-refractivity contribution < 1.29 is 4.79 Å². The number of fused-ring (bicyclic) bond motifs is 1. The van der Waals surface area contributed by atoms with Gasteiger partial charge in [0, 0.05) is 30.2 Å². The van der Waals surface area contributed by atoms with Crippen molar-refractivity contribution >= 4 is 28.4 Å². The van der Waals surface area contributed by atoms with Gasteiger partial charge in [0.25, 0.3) is 0 Å². The first kappa shape index (κ1) is 12.8. The molecule has 0 aliphatic rings. The third-order valence-electron chi connectivity index (χ3n) is 2.68. The zero-order valence-electron chi connectivity index (χ0n) is 10.0. The van der Waals surface area contributed by atoms with E-state index in [0.717, 1.165) is 16.5 Å². The third-order valence-corrected chi connectivity index (χ3v) is 3.01. The van der Waals surface area contributed by atoms with Crippen molar-refractivity contribution in [2.24, 2.45) is 0 Å². The molecular weight excluding hydrogens is 250 g/mol. The Labute approximate surface area is 110 Å². The maximum atomic E-state index is 11.1. The van der Waals surface area contributed by atoms with Crippen molar-refractivity contribution in [3.05, 3.63) is 41.0 Å². The van der Waals surface area contributed by atoms with E-state index >= 15 is 0 Å². The molecule has 94 valence electrons. The molecule has 2 rings (SSSR count). The number of hydrogen-bond donors (Lipinski definition) is 2. The molecule has 0 spiro atoms. The summed E-state index contributed by atoms with van der Waals surface area (Å²) >= 11 is 6.11. The van der Waals surface area contributed by atoms with Gasteiger partial charge in [-0.15, -0.1) is 0 Å². The summed E-state index contributed by atoms with van der Waals surface area (Å²) in [5.41, 5.74) is 1.90. The number of amides is 1.